The number of halogens is 1. The summed E-state index contributed by atoms with van der Waals surface area (Å²) in [5, 5.41) is 11.4. The molecule has 16 heavy (non-hydrogen) atoms. The van der Waals surface area contributed by atoms with Crippen LogP contribution in [0.25, 0.3) is 0 Å². The Kier molecular flexibility index (Phi) is 3.00. The van der Waals surface area contributed by atoms with E-state index in [1.165, 1.54) is 6.33 Å². The first-order chi connectivity index (χ1) is 7.66. The van der Waals surface area contributed by atoms with E-state index in [4.69, 9.17) is 11.6 Å². The summed E-state index contributed by atoms with van der Waals surface area (Å²) < 4.78 is 1.85. The van der Waals surface area contributed by atoms with Crippen LogP contribution >= 0.6 is 11.6 Å². The van der Waals surface area contributed by atoms with E-state index in [0.29, 0.717) is 11.0 Å². The van der Waals surface area contributed by atoms with Crippen molar-refractivity contribution in [3.05, 3.63) is 29.7 Å². The molecule has 0 amide bonds. The second kappa shape index (κ2) is 4.44. The van der Waals surface area contributed by atoms with Crippen LogP contribution in [0.2, 0.25) is 5.15 Å². The summed E-state index contributed by atoms with van der Waals surface area (Å²) in [4.78, 5) is 7.86. The quantitative estimate of drug-likeness (QED) is 0.820. The van der Waals surface area contributed by atoms with Crippen molar-refractivity contribution in [1.82, 2.24) is 24.7 Å². The SMILES string of the molecule is CC(Nc1cc(Cl)ncn1)c1nncn1C. The van der Waals surface area contributed by atoms with Crippen molar-refractivity contribution in [3.63, 3.8) is 0 Å². The minimum atomic E-state index is -0.00142. The first-order valence-electron chi connectivity index (χ1n) is 4.75. The fourth-order valence-electron chi connectivity index (χ4n) is 1.38. The van der Waals surface area contributed by atoms with Crippen molar-refractivity contribution in [2.75, 3.05) is 5.32 Å². The van der Waals surface area contributed by atoms with Gasteiger partial charge in [-0.15, -0.1) is 10.2 Å². The largest absolute Gasteiger partial charge is 0.360 e. The smallest absolute Gasteiger partial charge is 0.154 e. The Bertz CT molecular complexity index is 482. The van der Waals surface area contributed by atoms with Crippen molar-refractivity contribution in [3.8, 4) is 0 Å². The number of nitrogens with zero attached hydrogens (tertiary/aromatic N) is 5. The van der Waals surface area contributed by atoms with Crippen molar-refractivity contribution < 1.29 is 0 Å². The maximum atomic E-state index is 5.76. The van der Waals surface area contributed by atoms with Gasteiger partial charge in [0.15, 0.2) is 5.82 Å². The van der Waals surface area contributed by atoms with Gasteiger partial charge in [0.1, 0.15) is 23.6 Å². The van der Waals surface area contributed by atoms with Crippen LogP contribution in [0.1, 0.15) is 18.8 Å². The van der Waals surface area contributed by atoms with Crippen LogP contribution in [0.3, 0.4) is 0 Å². The second-order valence-corrected chi connectivity index (χ2v) is 3.78. The lowest BCUT2D eigenvalue weighted by Gasteiger charge is -2.13. The molecule has 0 fully saturated rings. The highest BCUT2D eigenvalue weighted by molar-refractivity contribution is 6.29. The van der Waals surface area contributed by atoms with Gasteiger partial charge in [-0.1, -0.05) is 11.6 Å². The molecule has 0 aromatic carbocycles. The molecule has 2 heterocycles. The van der Waals surface area contributed by atoms with Gasteiger partial charge in [0.2, 0.25) is 0 Å². The Balaban J connectivity index is 2.14. The molecule has 1 N–H and O–H groups in total. The van der Waals surface area contributed by atoms with Crippen LogP contribution in [0.4, 0.5) is 5.82 Å². The third-order valence-electron chi connectivity index (χ3n) is 2.13. The predicted molar refractivity (Wildman–Crippen MR) is 60.1 cm³/mol. The molecule has 2 rings (SSSR count). The molecule has 0 saturated carbocycles. The number of hydrogen-bond donors (Lipinski definition) is 1. The highest BCUT2D eigenvalue weighted by Crippen LogP contribution is 2.16. The molecular weight excluding hydrogens is 228 g/mol. The van der Waals surface area contributed by atoms with E-state index in [2.05, 4.69) is 25.5 Å². The minimum absolute atomic E-state index is 0.00142. The number of anilines is 1. The first kappa shape index (κ1) is 10.8. The summed E-state index contributed by atoms with van der Waals surface area (Å²) in [6.07, 6.45) is 3.06. The topological polar surface area (TPSA) is 68.5 Å². The summed E-state index contributed by atoms with van der Waals surface area (Å²) in [6, 6.07) is 1.66. The van der Waals surface area contributed by atoms with Gasteiger partial charge in [-0.2, -0.15) is 0 Å². The molecule has 1 atom stereocenters. The van der Waals surface area contributed by atoms with E-state index in [-0.39, 0.29) is 6.04 Å². The molecule has 0 radical (unpaired) electrons. The lowest BCUT2D eigenvalue weighted by Crippen LogP contribution is -2.12. The molecule has 0 aliphatic carbocycles. The number of rotatable bonds is 3. The monoisotopic (exact) mass is 238 g/mol. The van der Waals surface area contributed by atoms with Crippen LogP contribution in [-0.4, -0.2) is 24.7 Å². The van der Waals surface area contributed by atoms with Crippen LogP contribution in [0.5, 0.6) is 0 Å². The van der Waals surface area contributed by atoms with Gasteiger partial charge in [-0.05, 0) is 6.92 Å². The molecule has 6 nitrogen and oxygen atoms in total. The van der Waals surface area contributed by atoms with Crippen molar-refractivity contribution in [1.29, 1.82) is 0 Å². The van der Waals surface area contributed by atoms with Crippen molar-refractivity contribution >= 4 is 17.4 Å². The van der Waals surface area contributed by atoms with Crippen LogP contribution in [0, 0.1) is 0 Å². The third-order valence-corrected chi connectivity index (χ3v) is 2.34. The zero-order valence-electron chi connectivity index (χ0n) is 8.92. The Hall–Kier alpha value is -1.69. The van der Waals surface area contributed by atoms with Gasteiger partial charge < -0.3 is 9.88 Å². The molecule has 2 aromatic rings. The van der Waals surface area contributed by atoms with Crippen molar-refractivity contribution in [2.45, 2.75) is 13.0 Å². The van der Waals surface area contributed by atoms with Gasteiger partial charge in [-0.3, -0.25) is 0 Å². The molecule has 0 aliphatic heterocycles. The standard InChI is InChI=1S/C9H11ClN6/c1-6(9-15-13-5-16(9)2)14-8-3-7(10)11-4-12-8/h3-6H,1-2H3,(H,11,12,14). The summed E-state index contributed by atoms with van der Waals surface area (Å²) in [6.45, 7) is 1.97. The van der Waals surface area contributed by atoms with Gasteiger partial charge in [0.05, 0.1) is 6.04 Å². The lowest BCUT2D eigenvalue weighted by molar-refractivity contribution is 0.716. The molecule has 7 heteroatoms. The Labute approximate surface area is 97.7 Å². The fourth-order valence-corrected chi connectivity index (χ4v) is 1.53. The molecule has 1 unspecified atom stereocenters. The fraction of sp³-hybridized carbons (Fsp3) is 0.333. The average molecular weight is 239 g/mol. The van der Waals surface area contributed by atoms with E-state index in [1.807, 2.05) is 18.5 Å². The van der Waals surface area contributed by atoms with Crippen LogP contribution < -0.4 is 5.32 Å². The molecule has 0 bridgehead atoms. The molecule has 0 spiro atoms. The molecule has 0 aliphatic rings. The van der Waals surface area contributed by atoms with Gasteiger partial charge >= 0.3 is 0 Å². The van der Waals surface area contributed by atoms with Gasteiger partial charge in [0, 0.05) is 13.1 Å². The Morgan fingerprint density at radius 1 is 1.44 bits per heavy atom. The number of hydrogen-bond acceptors (Lipinski definition) is 5. The number of aryl methyl sites for hydroxylation is 1. The molecule has 2 aromatic heterocycles. The van der Waals surface area contributed by atoms with E-state index >= 15 is 0 Å². The van der Waals surface area contributed by atoms with E-state index in [0.717, 1.165) is 5.82 Å². The zero-order chi connectivity index (χ0) is 11.5. The second-order valence-electron chi connectivity index (χ2n) is 3.39. The maximum Gasteiger partial charge on any atom is 0.154 e. The summed E-state index contributed by atoms with van der Waals surface area (Å²) in [5.74, 6) is 1.49. The van der Waals surface area contributed by atoms with E-state index in [1.54, 1.807) is 12.4 Å². The van der Waals surface area contributed by atoms with E-state index in [9.17, 15) is 0 Å². The average Bonchev–Trinajstić information content (AvgIpc) is 2.64. The molecule has 0 saturated heterocycles. The van der Waals surface area contributed by atoms with E-state index < -0.39 is 0 Å². The highest BCUT2D eigenvalue weighted by atomic mass is 35.5. The third kappa shape index (κ3) is 2.27. The minimum Gasteiger partial charge on any atom is -0.360 e. The summed E-state index contributed by atoms with van der Waals surface area (Å²) >= 11 is 5.76. The summed E-state index contributed by atoms with van der Waals surface area (Å²) in [7, 11) is 1.89. The van der Waals surface area contributed by atoms with Gasteiger partial charge in [-0.25, -0.2) is 9.97 Å². The van der Waals surface area contributed by atoms with Crippen molar-refractivity contribution in [2.24, 2.45) is 7.05 Å². The highest BCUT2D eigenvalue weighted by Gasteiger charge is 2.11. The number of nitrogens with one attached hydrogen (secondary N) is 1. The first-order valence-corrected chi connectivity index (χ1v) is 5.12. The summed E-state index contributed by atoms with van der Waals surface area (Å²) in [5.41, 5.74) is 0. The lowest BCUT2D eigenvalue weighted by atomic mass is 10.3. The van der Waals surface area contributed by atoms with Gasteiger partial charge in [0.25, 0.3) is 0 Å². The molecular formula is C9H11ClN6. The molecule has 84 valence electrons. The zero-order valence-corrected chi connectivity index (χ0v) is 9.68. The maximum absolute atomic E-state index is 5.76. The van der Waals surface area contributed by atoms with Crippen LogP contribution in [0.15, 0.2) is 18.7 Å². The Morgan fingerprint density at radius 2 is 2.25 bits per heavy atom. The number of aromatic nitrogens is 5. The van der Waals surface area contributed by atoms with Crippen LogP contribution in [-0.2, 0) is 7.05 Å². The normalized spacial score (nSPS) is 12.4. The predicted octanol–water partition coefficient (Wildman–Crippen LogP) is 1.43. The Morgan fingerprint density at radius 3 is 2.88 bits per heavy atom.